The van der Waals surface area contributed by atoms with Crippen LogP contribution < -0.4 is 0 Å². The highest BCUT2D eigenvalue weighted by atomic mass is 127. The number of unbranched alkanes of at least 4 members (excludes halogenated alkanes) is 11. The van der Waals surface area contributed by atoms with E-state index in [0.717, 1.165) is 0 Å². The van der Waals surface area contributed by atoms with Crippen LogP contribution in [0, 0.1) is 0 Å². The van der Waals surface area contributed by atoms with Crippen LogP contribution in [0.5, 0.6) is 0 Å². The Morgan fingerprint density at radius 2 is 0.875 bits per heavy atom. The number of hydrogen-bond donors (Lipinski definition) is 0. The smallest absolute Gasteiger partial charge is 0.000473 e. The molecule has 0 nitrogen and oxygen atoms in total. The Morgan fingerprint density at radius 1 is 0.562 bits per heavy atom. The molecule has 0 heterocycles. The Balaban J connectivity index is 0. The molecule has 0 aliphatic heterocycles. The third kappa shape index (κ3) is 17.6. The summed E-state index contributed by atoms with van der Waals surface area (Å²) in [6.07, 6.45) is 17.5. The summed E-state index contributed by atoms with van der Waals surface area (Å²) in [7, 11) is 0. The van der Waals surface area contributed by atoms with Crippen LogP contribution in [-0.2, 0) is 0 Å². The molecule has 0 bridgehead atoms. The Bertz CT molecular complexity index is 94.9. The Morgan fingerprint density at radius 3 is 1.19 bits per heavy atom. The lowest BCUT2D eigenvalue weighted by Gasteiger charge is -2.01. The maximum Gasteiger partial charge on any atom is -0.000473 e. The average Bonchev–Trinajstić information content (AvgIpc) is 2.26. The predicted molar refractivity (Wildman–Crippen MR) is 91.1 cm³/mol. The molecule has 0 radical (unpaired) electrons. The summed E-state index contributed by atoms with van der Waals surface area (Å²) < 4.78 is 1.34. The topological polar surface area (TPSA) is 0 Å². The number of rotatable bonds is 12. The van der Waals surface area contributed by atoms with Gasteiger partial charge in [0.05, 0.1) is 0 Å². The first-order chi connectivity index (χ1) is 7.41. The van der Waals surface area contributed by atoms with Crippen LogP contribution in [-0.4, -0.2) is 4.43 Å². The summed E-state index contributed by atoms with van der Waals surface area (Å²) in [4.78, 5) is 0. The van der Waals surface area contributed by atoms with Crippen LogP contribution >= 0.6 is 32.5 Å². The van der Waals surface area contributed by atoms with Crippen LogP contribution in [0.15, 0.2) is 0 Å². The quantitative estimate of drug-likeness (QED) is 0.169. The normalized spacial score (nSPS) is 10.1. The van der Waals surface area contributed by atoms with Crippen molar-refractivity contribution in [2.45, 2.75) is 84.0 Å². The molecule has 0 saturated carbocycles. The SMILES string of the molecule is CCCCCCCCCCCCCCI.P. The first kappa shape index (κ1) is 19.5. The van der Waals surface area contributed by atoms with Crippen molar-refractivity contribution in [2.75, 3.05) is 4.43 Å². The minimum absolute atomic E-state index is 0. The first-order valence-electron chi connectivity index (χ1n) is 6.97. The fourth-order valence-corrected chi connectivity index (χ4v) is 2.47. The van der Waals surface area contributed by atoms with E-state index in [-0.39, 0.29) is 9.90 Å². The van der Waals surface area contributed by atoms with Gasteiger partial charge in [-0.3, -0.25) is 0 Å². The van der Waals surface area contributed by atoms with Gasteiger partial charge < -0.3 is 0 Å². The molecule has 0 saturated heterocycles. The summed E-state index contributed by atoms with van der Waals surface area (Å²) in [6.45, 7) is 2.29. The van der Waals surface area contributed by atoms with E-state index < -0.39 is 0 Å². The Labute approximate surface area is 120 Å². The van der Waals surface area contributed by atoms with Crippen molar-refractivity contribution < 1.29 is 0 Å². The summed E-state index contributed by atoms with van der Waals surface area (Å²) in [5.41, 5.74) is 0. The molecule has 1 unspecified atom stereocenters. The molecule has 100 valence electrons. The molecular formula is C14H32IP. The van der Waals surface area contributed by atoms with E-state index in [4.69, 9.17) is 0 Å². The van der Waals surface area contributed by atoms with E-state index in [9.17, 15) is 0 Å². The van der Waals surface area contributed by atoms with Crippen molar-refractivity contribution in [3.63, 3.8) is 0 Å². The van der Waals surface area contributed by atoms with Crippen molar-refractivity contribution in [3.05, 3.63) is 0 Å². The Kier molecular flexibility index (Phi) is 22.6. The van der Waals surface area contributed by atoms with Gasteiger partial charge in [-0.05, 0) is 10.8 Å². The molecule has 0 aromatic heterocycles. The van der Waals surface area contributed by atoms with Crippen molar-refractivity contribution in [1.29, 1.82) is 0 Å². The monoisotopic (exact) mass is 358 g/mol. The van der Waals surface area contributed by atoms with Gasteiger partial charge in [-0.25, -0.2) is 0 Å². The molecule has 0 aromatic carbocycles. The molecule has 2 heteroatoms. The maximum atomic E-state index is 2.48. The van der Waals surface area contributed by atoms with Crippen LogP contribution in [0.4, 0.5) is 0 Å². The van der Waals surface area contributed by atoms with Gasteiger partial charge in [0.15, 0.2) is 0 Å². The number of halogens is 1. The lowest BCUT2D eigenvalue weighted by molar-refractivity contribution is 0.549. The average molecular weight is 358 g/mol. The molecule has 0 amide bonds. The molecule has 0 aliphatic rings. The fourth-order valence-electron chi connectivity index (χ4n) is 1.94. The first-order valence-corrected chi connectivity index (χ1v) is 8.50. The second kappa shape index (κ2) is 18.5. The van der Waals surface area contributed by atoms with Crippen molar-refractivity contribution >= 4 is 32.5 Å². The maximum absolute atomic E-state index is 2.48. The van der Waals surface area contributed by atoms with Crippen molar-refractivity contribution in [3.8, 4) is 0 Å². The Hall–Kier alpha value is 1.16. The van der Waals surface area contributed by atoms with Gasteiger partial charge in [-0.2, -0.15) is 9.90 Å². The van der Waals surface area contributed by atoms with E-state index in [0.29, 0.717) is 0 Å². The zero-order chi connectivity index (χ0) is 11.2. The molecule has 0 spiro atoms. The minimum atomic E-state index is 0. The summed E-state index contributed by atoms with van der Waals surface area (Å²) >= 11 is 2.48. The molecular weight excluding hydrogens is 326 g/mol. The van der Waals surface area contributed by atoms with Crippen LogP contribution in [0.1, 0.15) is 84.0 Å². The van der Waals surface area contributed by atoms with Gasteiger partial charge in [-0.1, -0.05) is 100 Å². The molecule has 16 heavy (non-hydrogen) atoms. The minimum Gasteiger partial charge on any atom is -0.153 e. The van der Waals surface area contributed by atoms with Gasteiger partial charge in [0.25, 0.3) is 0 Å². The lowest BCUT2D eigenvalue weighted by Crippen LogP contribution is -1.82. The largest absolute Gasteiger partial charge is 0.153 e. The van der Waals surface area contributed by atoms with Crippen molar-refractivity contribution in [1.82, 2.24) is 0 Å². The highest BCUT2D eigenvalue weighted by Gasteiger charge is 1.92. The van der Waals surface area contributed by atoms with Gasteiger partial charge in [-0.15, -0.1) is 0 Å². The van der Waals surface area contributed by atoms with Crippen LogP contribution in [0.3, 0.4) is 0 Å². The fraction of sp³-hybridized carbons (Fsp3) is 1.00. The highest BCUT2D eigenvalue weighted by Crippen LogP contribution is 2.12. The molecule has 0 rings (SSSR count). The van der Waals surface area contributed by atoms with Gasteiger partial charge in [0.1, 0.15) is 0 Å². The van der Waals surface area contributed by atoms with Gasteiger partial charge >= 0.3 is 0 Å². The van der Waals surface area contributed by atoms with Crippen molar-refractivity contribution in [2.24, 2.45) is 0 Å². The zero-order valence-corrected chi connectivity index (χ0v) is 14.8. The van der Waals surface area contributed by atoms with E-state index in [1.165, 1.54) is 81.5 Å². The van der Waals surface area contributed by atoms with E-state index in [1.54, 1.807) is 0 Å². The second-order valence-corrected chi connectivity index (χ2v) is 5.66. The third-order valence-electron chi connectivity index (χ3n) is 2.99. The second-order valence-electron chi connectivity index (χ2n) is 4.58. The number of hydrogen-bond acceptors (Lipinski definition) is 0. The van der Waals surface area contributed by atoms with E-state index in [2.05, 4.69) is 29.5 Å². The third-order valence-corrected chi connectivity index (χ3v) is 3.75. The van der Waals surface area contributed by atoms with E-state index >= 15 is 0 Å². The molecule has 0 N–H and O–H groups in total. The van der Waals surface area contributed by atoms with Crippen LogP contribution in [0.2, 0.25) is 0 Å². The highest BCUT2D eigenvalue weighted by molar-refractivity contribution is 14.1. The number of alkyl halides is 1. The summed E-state index contributed by atoms with van der Waals surface area (Å²) in [6, 6.07) is 0. The van der Waals surface area contributed by atoms with Crippen LogP contribution in [0.25, 0.3) is 0 Å². The summed E-state index contributed by atoms with van der Waals surface area (Å²) in [5, 5.41) is 0. The molecule has 1 atom stereocenters. The van der Waals surface area contributed by atoms with Gasteiger partial charge in [0.2, 0.25) is 0 Å². The molecule has 0 fully saturated rings. The zero-order valence-electron chi connectivity index (χ0n) is 11.3. The molecule has 0 aromatic rings. The molecule has 0 aliphatic carbocycles. The lowest BCUT2D eigenvalue weighted by atomic mass is 10.1. The van der Waals surface area contributed by atoms with Gasteiger partial charge in [0, 0.05) is 0 Å². The summed E-state index contributed by atoms with van der Waals surface area (Å²) in [5.74, 6) is 0. The standard InChI is InChI=1S/C14H29I.H3P/c1-2-3-4-5-6-7-8-9-10-11-12-13-14-15;/h2-14H2,1H3;1H3. The predicted octanol–water partition coefficient (Wildman–Crippen LogP) is 6.18. The van der Waals surface area contributed by atoms with E-state index in [1.807, 2.05) is 0 Å².